The normalized spacial score (nSPS) is 9.86. The van der Waals surface area contributed by atoms with Gasteiger partial charge in [-0.2, -0.15) is 0 Å². The Kier molecular flexibility index (Phi) is 4.57. The number of aromatic nitrogens is 1. The fourth-order valence-corrected chi connectivity index (χ4v) is 1.57. The fourth-order valence-electron chi connectivity index (χ4n) is 1.57. The molecule has 0 unspecified atom stereocenters. The predicted molar refractivity (Wildman–Crippen MR) is 84.5 cm³/mol. The topological polar surface area (TPSA) is 68.0 Å². The van der Waals surface area contributed by atoms with Gasteiger partial charge in [0.25, 0.3) is 0 Å². The molecule has 1 aromatic heterocycles. The van der Waals surface area contributed by atoms with Gasteiger partial charge in [-0.05, 0) is 42.3 Å². The summed E-state index contributed by atoms with van der Waals surface area (Å²) in [5.74, 6) is 5.88. The summed E-state index contributed by atoms with van der Waals surface area (Å²) >= 11 is 0. The predicted octanol–water partition coefficient (Wildman–Crippen LogP) is 2.66. The molecule has 1 heterocycles. The zero-order valence-corrected chi connectivity index (χ0v) is 12.1. The van der Waals surface area contributed by atoms with Crippen LogP contribution in [-0.4, -0.2) is 10.9 Å². The van der Waals surface area contributed by atoms with Crippen molar-refractivity contribution in [3.63, 3.8) is 0 Å². The number of nitrogens with two attached hydrogens (primary N) is 1. The summed E-state index contributed by atoms with van der Waals surface area (Å²) in [7, 11) is 0. The number of rotatable bonds is 2. The van der Waals surface area contributed by atoms with Gasteiger partial charge in [-0.25, -0.2) is 4.98 Å². The van der Waals surface area contributed by atoms with Crippen LogP contribution in [0.25, 0.3) is 0 Å². The molecule has 0 atom stereocenters. The lowest BCUT2D eigenvalue weighted by Gasteiger charge is -2.07. The number of nitrogens with one attached hydrogen (secondary N) is 1. The number of hydrogen-bond donors (Lipinski definition) is 2. The van der Waals surface area contributed by atoms with Gasteiger partial charge >= 0.3 is 0 Å². The van der Waals surface area contributed by atoms with Gasteiger partial charge in [0.2, 0.25) is 5.91 Å². The van der Waals surface area contributed by atoms with E-state index in [1.807, 2.05) is 26.0 Å². The molecule has 1 amide bonds. The van der Waals surface area contributed by atoms with Gasteiger partial charge in [0.15, 0.2) is 0 Å². The Morgan fingerprint density at radius 1 is 1.19 bits per heavy atom. The molecular formula is C17H17N3O. The molecule has 0 aliphatic heterocycles. The van der Waals surface area contributed by atoms with E-state index in [0.717, 1.165) is 5.56 Å². The molecule has 21 heavy (non-hydrogen) atoms. The molecule has 0 spiro atoms. The minimum Gasteiger partial charge on any atom is -0.399 e. The van der Waals surface area contributed by atoms with Crippen LogP contribution in [0.3, 0.4) is 0 Å². The number of nitrogens with zero attached hydrogens (tertiary/aromatic N) is 1. The number of nitrogen functional groups attached to an aromatic ring is 1. The molecule has 4 heteroatoms. The van der Waals surface area contributed by atoms with E-state index in [1.165, 1.54) is 0 Å². The van der Waals surface area contributed by atoms with Crippen molar-refractivity contribution < 1.29 is 4.79 Å². The van der Waals surface area contributed by atoms with E-state index in [2.05, 4.69) is 22.1 Å². The molecule has 2 aromatic rings. The van der Waals surface area contributed by atoms with Gasteiger partial charge < -0.3 is 11.1 Å². The molecule has 4 nitrogen and oxygen atoms in total. The second kappa shape index (κ2) is 6.58. The maximum absolute atomic E-state index is 11.7. The van der Waals surface area contributed by atoms with Crippen LogP contribution in [0.5, 0.6) is 0 Å². The average Bonchev–Trinajstić information content (AvgIpc) is 2.47. The zero-order chi connectivity index (χ0) is 15.2. The van der Waals surface area contributed by atoms with Crippen LogP contribution in [0.1, 0.15) is 25.1 Å². The maximum atomic E-state index is 11.7. The van der Waals surface area contributed by atoms with Crippen molar-refractivity contribution in [3.8, 4) is 11.8 Å². The molecule has 0 radical (unpaired) electrons. The number of hydrogen-bond acceptors (Lipinski definition) is 3. The number of pyridine rings is 1. The fraction of sp³-hybridized carbons (Fsp3) is 0.176. The second-order valence-electron chi connectivity index (χ2n) is 4.95. The lowest BCUT2D eigenvalue weighted by molar-refractivity contribution is -0.118. The lowest BCUT2D eigenvalue weighted by atomic mass is 10.2. The average molecular weight is 279 g/mol. The van der Waals surface area contributed by atoms with E-state index in [0.29, 0.717) is 17.1 Å². The Morgan fingerprint density at radius 3 is 2.57 bits per heavy atom. The van der Waals surface area contributed by atoms with E-state index in [1.54, 1.807) is 30.5 Å². The van der Waals surface area contributed by atoms with Crippen molar-refractivity contribution in [2.75, 3.05) is 11.1 Å². The molecular weight excluding hydrogens is 262 g/mol. The van der Waals surface area contributed by atoms with E-state index in [9.17, 15) is 4.79 Å². The Bertz CT molecular complexity index is 694. The van der Waals surface area contributed by atoms with Gasteiger partial charge in [0, 0.05) is 29.1 Å². The van der Waals surface area contributed by atoms with Gasteiger partial charge in [-0.1, -0.05) is 19.8 Å². The highest BCUT2D eigenvalue weighted by molar-refractivity contribution is 5.92. The van der Waals surface area contributed by atoms with Crippen LogP contribution in [0.4, 0.5) is 11.4 Å². The summed E-state index contributed by atoms with van der Waals surface area (Å²) < 4.78 is 0. The van der Waals surface area contributed by atoms with Crippen LogP contribution in [0, 0.1) is 17.8 Å². The Balaban J connectivity index is 2.15. The van der Waals surface area contributed by atoms with E-state index in [4.69, 9.17) is 5.73 Å². The zero-order valence-electron chi connectivity index (χ0n) is 12.1. The molecule has 3 N–H and O–H groups in total. The van der Waals surface area contributed by atoms with E-state index < -0.39 is 0 Å². The highest BCUT2D eigenvalue weighted by atomic mass is 16.1. The van der Waals surface area contributed by atoms with Crippen LogP contribution in [0.15, 0.2) is 42.6 Å². The Hall–Kier alpha value is -2.80. The van der Waals surface area contributed by atoms with Crippen molar-refractivity contribution in [1.29, 1.82) is 0 Å². The summed E-state index contributed by atoms with van der Waals surface area (Å²) in [5, 5.41) is 2.82. The smallest absolute Gasteiger partial charge is 0.226 e. The van der Waals surface area contributed by atoms with E-state index in [-0.39, 0.29) is 11.8 Å². The molecule has 1 aromatic carbocycles. The van der Waals surface area contributed by atoms with Crippen LogP contribution in [0.2, 0.25) is 0 Å². The number of anilines is 2. The first-order chi connectivity index (χ1) is 10.0. The number of carbonyl (C=O) groups excluding carboxylic acids is 1. The highest BCUT2D eigenvalue weighted by Crippen LogP contribution is 2.09. The van der Waals surface area contributed by atoms with Crippen LogP contribution >= 0.6 is 0 Å². The van der Waals surface area contributed by atoms with Gasteiger partial charge in [0.1, 0.15) is 5.69 Å². The number of amides is 1. The molecule has 0 fully saturated rings. The maximum Gasteiger partial charge on any atom is 0.226 e. The van der Waals surface area contributed by atoms with Crippen molar-refractivity contribution in [1.82, 2.24) is 4.98 Å². The van der Waals surface area contributed by atoms with Crippen molar-refractivity contribution in [2.24, 2.45) is 5.92 Å². The van der Waals surface area contributed by atoms with Crippen molar-refractivity contribution in [3.05, 3.63) is 53.9 Å². The first-order valence-electron chi connectivity index (χ1n) is 6.69. The molecule has 0 aliphatic rings. The minimum absolute atomic E-state index is 0.0290. The van der Waals surface area contributed by atoms with Crippen molar-refractivity contribution in [2.45, 2.75) is 13.8 Å². The minimum atomic E-state index is -0.0672. The first-order valence-corrected chi connectivity index (χ1v) is 6.69. The summed E-state index contributed by atoms with van der Waals surface area (Å²) in [5.41, 5.74) is 8.50. The number of carbonyl (C=O) groups is 1. The Labute approximate surface area is 124 Å². The molecule has 0 saturated heterocycles. The second-order valence-corrected chi connectivity index (χ2v) is 4.95. The third-order valence-corrected chi connectivity index (χ3v) is 2.80. The molecule has 0 bridgehead atoms. The number of benzene rings is 1. The van der Waals surface area contributed by atoms with Crippen molar-refractivity contribution >= 4 is 17.3 Å². The standard InChI is InChI=1S/C17H17N3O/c1-12(2)17(21)20-16-9-10-19-15(11-16)8-5-13-3-6-14(18)7-4-13/h3-4,6-7,9-12H,18H2,1-2H3,(H,19,20,21). The lowest BCUT2D eigenvalue weighted by Crippen LogP contribution is -2.17. The third-order valence-electron chi connectivity index (χ3n) is 2.80. The molecule has 0 aliphatic carbocycles. The van der Waals surface area contributed by atoms with Gasteiger partial charge in [-0.15, -0.1) is 0 Å². The van der Waals surface area contributed by atoms with Gasteiger partial charge in [-0.3, -0.25) is 4.79 Å². The van der Waals surface area contributed by atoms with Crippen LogP contribution in [-0.2, 0) is 4.79 Å². The molecule has 0 saturated carbocycles. The summed E-state index contributed by atoms with van der Waals surface area (Å²) in [6.45, 7) is 3.69. The largest absolute Gasteiger partial charge is 0.399 e. The van der Waals surface area contributed by atoms with Crippen LogP contribution < -0.4 is 11.1 Å². The molecule has 106 valence electrons. The third kappa shape index (κ3) is 4.36. The first kappa shape index (κ1) is 14.6. The highest BCUT2D eigenvalue weighted by Gasteiger charge is 2.06. The Morgan fingerprint density at radius 2 is 1.90 bits per heavy atom. The van der Waals surface area contributed by atoms with E-state index >= 15 is 0 Å². The quantitative estimate of drug-likeness (QED) is 0.656. The summed E-state index contributed by atoms with van der Waals surface area (Å²) in [6.07, 6.45) is 1.63. The monoisotopic (exact) mass is 279 g/mol. The summed E-state index contributed by atoms with van der Waals surface area (Å²) in [4.78, 5) is 15.8. The van der Waals surface area contributed by atoms with Gasteiger partial charge in [0.05, 0.1) is 0 Å². The molecule has 2 rings (SSSR count). The summed E-state index contributed by atoms with van der Waals surface area (Å²) in [6, 6.07) is 10.8. The SMILES string of the molecule is CC(C)C(=O)Nc1ccnc(C#Cc2ccc(N)cc2)c1.